The third-order valence-corrected chi connectivity index (χ3v) is 7.58. The number of benzene rings is 2. The van der Waals surface area contributed by atoms with Crippen molar-refractivity contribution in [3.8, 4) is 0 Å². The first-order chi connectivity index (χ1) is 16.2. The Morgan fingerprint density at radius 1 is 0.853 bits per heavy atom. The zero-order valence-corrected chi connectivity index (χ0v) is 17.8. The molecular weight excluding hydrogens is 446 g/mol. The molecule has 0 radical (unpaired) electrons. The van der Waals surface area contributed by atoms with Gasteiger partial charge in [0.05, 0.1) is 22.3 Å². The van der Waals surface area contributed by atoms with Crippen LogP contribution in [0, 0.1) is 5.92 Å². The number of hydrogen-bond acceptors (Lipinski definition) is 5. The summed E-state index contributed by atoms with van der Waals surface area (Å²) in [5, 5.41) is 0. The van der Waals surface area contributed by atoms with Crippen LogP contribution in [-0.4, -0.2) is 57.2 Å². The van der Waals surface area contributed by atoms with E-state index in [1.165, 1.54) is 12.1 Å². The largest absolute Gasteiger partial charge is 0.301 e. The van der Waals surface area contributed by atoms with Gasteiger partial charge in [-0.3, -0.25) is 29.0 Å². The molecule has 2 aromatic carbocycles. The average molecular weight is 464 g/mol. The number of nitrogens with zero attached hydrogens (tertiary/aromatic N) is 2. The molecule has 0 saturated heterocycles. The van der Waals surface area contributed by atoms with Crippen molar-refractivity contribution in [3.63, 3.8) is 0 Å². The highest BCUT2D eigenvalue weighted by Gasteiger charge is 2.64. The molecule has 2 aliphatic heterocycles. The van der Waals surface area contributed by atoms with Gasteiger partial charge in [0.1, 0.15) is 17.4 Å². The second-order valence-corrected chi connectivity index (χ2v) is 9.44. The maximum absolute atomic E-state index is 13.6. The topological polar surface area (TPSA) is 91.8 Å². The summed E-state index contributed by atoms with van der Waals surface area (Å²) in [5.74, 6) is -2.84. The lowest BCUT2D eigenvalue weighted by atomic mass is 10.00. The number of alkyl halides is 2. The maximum Gasteiger partial charge on any atom is 0.262 e. The van der Waals surface area contributed by atoms with E-state index < -0.39 is 41.1 Å². The summed E-state index contributed by atoms with van der Waals surface area (Å²) in [6, 6.07) is 11.0. The fourth-order valence-electron chi connectivity index (χ4n) is 5.39. The van der Waals surface area contributed by atoms with Crippen molar-refractivity contribution in [1.29, 1.82) is 0 Å². The molecule has 2 aromatic rings. The summed E-state index contributed by atoms with van der Waals surface area (Å²) in [6.07, 6.45) is -1.47. The minimum Gasteiger partial charge on any atom is -0.301 e. The molecule has 2 saturated carbocycles. The molecule has 9 heteroatoms. The van der Waals surface area contributed by atoms with Crippen molar-refractivity contribution in [2.24, 2.45) is 5.92 Å². The molecule has 6 rings (SSSR count). The lowest BCUT2D eigenvalue weighted by molar-refractivity contribution is -0.112. The van der Waals surface area contributed by atoms with Crippen molar-refractivity contribution in [2.45, 2.75) is 43.2 Å². The number of halogens is 2. The Morgan fingerprint density at radius 2 is 1.41 bits per heavy atom. The highest BCUT2D eigenvalue weighted by atomic mass is 19.3. The summed E-state index contributed by atoms with van der Waals surface area (Å²) < 4.78 is 27.1. The van der Waals surface area contributed by atoms with Gasteiger partial charge in [-0.1, -0.05) is 18.2 Å². The third kappa shape index (κ3) is 2.52. The van der Waals surface area contributed by atoms with E-state index in [0.717, 1.165) is 4.90 Å². The van der Waals surface area contributed by atoms with Crippen LogP contribution in [0.15, 0.2) is 42.5 Å². The number of rotatable bonds is 6. The zero-order chi connectivity index (χ0) is 24.0. The lowest BCUT2D eigenvalue weighted by Gasteiger charge is -2.24. The van der Waals surface area contributed by atoms with E-state index in [0.29, 0.717) is 16.7 Å². The molecule has 0 N–H and O–H groups in total. The molecular formula is C25H18F2N2O5. The van der Waals surface area contributed by atoms with Crippen LogP contribution >= 0.6 is 0 Å². The summed E-state index contributed by atoms with van der Waals surface area (Å²) in [5.41, 5.74) is -1.71. The molecule has 172 valence electrons. The van der Waals surface area contributed by atoms with Crippen LogP contribution in [-0.2, 0) is 11.2 Å². The Morgan fingerprint density at radius 3 is 1.97 bits per heavy atom. The van der Waals surface area contributed by atoms with Gasteiger partial charge in [-0.2, -0.15) is 0 Å². The van der Waals surface area contributed by atoms with E-state index in [1.807, 2.05) is 0 Å². The number of aldehydes is 1. The molecule has 2 atom stereocenters. The van der Waals surface area contributed by atoms with E-state index in [-0.39, 0.29) is 53.9 Å². The summed E-state index contributed by atoms with van der Waals surface area (Å²) in [7, 11) is 0. The van der Waals surface area contributed by atoms with E-state index in [9.17, 15) is 32.8 Å². The quantitative estimate of drug-likeness (QED) is 0.484. The molecule has 2 unspecified atom stereocenters. The van der Waals surface area contributed by atoms with Crippen molar-refractivity contribution in [1.82, 2.24) is 9.80 Å². The van der Waals surface area contributed by atoms with Gasteiger partial charge in [0.25, 0.3) is 30.1 Å². The van der Waals surface area contributed by atoms with Crippen LogP contribution < -0.4 is 0 Å². The van der Waals surface area contributed by atoms with Gasteiger partial charge in [-0.25, -0.2) is 8.78 Å². The fraction of sp³-hybridized carbons (Fsp3) is 0.320. The van der Waals surface area contributed by atoms with Gasteiger partial charge in [-0.15, -0.1) is 0 Å². The Bertz CT molecular complexity index is 1300. The molecule has 0 spiro atoms. The van der Waals surface area contributed by atoms with Crippen LogP contribution in [0.2, 0.25) is 0 Å². The second-order valence-electron chi connectivity index (χ2n) is 9.44. The molecule has 2 fully saturated rings. The number of amides is 4. The number of hydrogen-bond donors (Lipinski definition) is 0. The smallest absolute Gasteiger partial charge is 0.262 e. The van der Waals surface area contributed by atoms with Crippen LogP contribution in [0.4, 0.5) is 8.78 Å². The number of carbonyl (C=O) groups excluding carboxylic acids is 5. The Balaban J connectivity index is 1.26. The number of imide groups is 2. The van der Waals surface area contributed by atoms with Gasteiger partial charge in [0, 0.05) is 0 Å². The monoisotopic (exact) mass is 464 g/mol. The van der Waals surface area contributed by atoms with Gasteiger partial charge in [0.2, 0.25) is 0 Å². The van der Waals surface area contributed by atoms with E-state index in [2.05, 4.69) is 0 Å². The second kappa shape index (κ2) is 6.65. The van der Waals surface area contributed by atoms with Crippen molar-refractivity contribution in [3.05, 3.63) is 70.3 Å². The maximum atomic E-state index is 13.6. The number of carbonyl (C=O) groups is 5. The minimum atomic E-state index is -2.81. The van der Waals surface area contributed by atoms with Crippen LogP contribution in [0.1, 0.15) is 66.3 Å². The van der Waals surface area contributed by atoms with Gasteiger partial charge in [0.15, 0.2) is 0 Å². The highest BCUT2D eigenvalue weighted by Crippen LogP contribution is 2.52. The molecule has 2 heterocycles. The van der Waals surface area contributed by atoms with Gasteiger partial charge in [-0.05, 0) is 61.4 Å². The first kappa shape index (κ1) is 20.8. The summed E-state index contributed by atoms with van der Waals surface area (Å²) >= 11 is 0. The normalized spacial score (nSPS) is 26.3. The van der Waals surface area contributed by atoms with Crippen molar-refractivity contribution < 1.29 is 32.8 Å². The fourth-order valence-corrected chi connectivity index (χ4v) is 5.39. The molecule has 4 amide bonds. The Labute approximate surface area is 192 Å². The zero-order valence-electron chi connectivity index (χ0n) is 17.8. The Hall–Kier alpha value is -3.75. The molecule has 0 aromatic heterocycles. The van der Waals surface area contributed by atoms with Gasteiger partial charge < -0.3 is 4.79 Å². The van der Waals surface area contributed by atoms with E-state index >= 15 is 0 Å². The first-order valence-electron chi connectivity index (χ1n) is 11.0. The molecule has 7 nitrogen and oxygen atoms in total. The predicted octanol–water partition coefficient (Wildman–Crippen LogP) is 2.88. The molecule has 0 bridgehead atoms. The third-order valence-electron chi connectivity index (χ3n) is 7.58. The van der Waals surface area contributed by atoms with Crippen molar-refractivity contribution >= 4 is 29.9 Å². The number of fused-ring (bicyclic) bond motifs is 2. The predicted molar refractivity (Wildman–Crippen MR) is 112 cm³/mol. The highest BCUT2D eigenvalue weighted by molar-refractivity contribution is 6.23. The first-order valence-corrected chi connectivity index (χ1v) is 11.0. The van der Waals surface area contributed by atoms with Crippen molar-refractivity contribution in [2.75, 3.05) is 0 Å². The van der Waals surface area contributed by atoms with Crippen LogP contribution in [0.25, 0.3) is 0 Å². The summed E-state index contributed by atoms with van der Waals surface area (Å²) in [6.45, 7) is 0. The summed E-state index contributed by atoms with van der Waals surface area (Å²) in [4.78, 5) is 65.1. The average Bonchev–Trinajstić information content (AvgIpc) is 3.72. The lowest BCUT2D eigenvalue weighted by Crippen LogP contribution is -2.46. The van der Waals surface area contributed by atoms with Crippen LogP contribution in [0.5, 0.6) is 0 Å². The Kier molecular flexibility index (Phi) is 4.07. The molecule has 34 heavy (non-hydrogen) atoms. The molecule has 4 aliphatic rings. The minimum absolute atomic E-state index is 0.0625. The molecule has 2 aliphatic carbocycles. The van der Waals surface area contributed by atoms with Crippen LogP contribution in [0.3, 0.4) is 0 Å². The van der Waals surface area contributed by atoms with E-state index in [1.54, 1.807) is 30.3 Å². The van der Waals surface area contributed by atoms with E-state index in [4.69, 9.17) is 0 Å². The SMILES string of the molecule is O=CC1(N2C(=O)c3ccccc3C2=O)CC1Cc1ccc2c(c1)C(=O)N(C1(C(F)F)CC1)C2=O. The standard InChI is InChI=1S/C25H18F2N2O5/c26-23(27)24(7-8-24)28-21(33)17-6-5-13(10-18(17)22(28)34)9-14-11-25(14,12-30)29-19(31)15-3-1-2-4-16(15)20(29)32/h1-6,10,12,14,23H,7-9,11H2. The van der Waals surface area contributed by atoms with Gasteiger partial charge >= 0.3 is 0 Å².